The molecule has 1 aliphatic heterocycles. The maximum Gasteiger partial charge on any atom is 0.329 e. The number of cyclic esters (lactones) is 1. The highest BCUT2D eigenvalue weighted by Gasteiger charge is 2.46. The third-order valence-electron chi connectivity index (χ3n) is 7.19. The van der Waals surface area contributed by atoms with Crippen LogP contribution in [-0.4, -0.2) is 53.4 Å². The molecule has 1 fully saturated rings. The number of ether oxygens (including phenoxy) is 2. The van der Waals surface area contributed by atoms with E-state index in [9.17, 15) is 33.5 Å². The molecule has 1 aliphatic rings. The molecule has 39 heavy (non-hydrogen) atoms. The van der Waals surface area contributed by atoms with Gasteiger partial charge in [0.05, 0.1) is 23.1 Å². The zero-order chi connectivity index (χ0) is 29.3. The maximum atomic E-state index is 14.1. The van der Waals surface area contributed by atoms with E-state index in [1.807, 2.05) is 6.92 Å². The molecular weight excluding hydrogens is 511 g/mol. The van der Waals surface area contributed by atoms with Gasteiger partial charge >= 0.3 is 11.9 Å². The number of Topliss-reactive ketones (excluding diaryl/α,β-unsaturated/α-hetero) is 1. The van der Waals surface area contributed by atoms with Crippen molar-refractivity contribution in [3.63, 3.8) is 0 Å². The number of phenols is 1. The van der Waals surface area contributed by atoms with E-state index >= 15 is 0 Å². The van der Waals surface area contributed by atoms with Crippen LogP contribution < -0.4 is 10.6 Å². The number of rotatable bonds is 12. The van der Waals surface area contributed by atoms with Gasteiger partial charge in [-0.3, -0.25) is 19.2 Å². The summed E-state index contributed by atoms with van der Waals surface area (Å²) < 4.78 is 25.4. The Balaban J connectivity index is 2.39. The van der Waals surface area contributed by atoms with Gasteiger partial charge < -0.3 is 25.2 Å². The Labute approximate surface area is 228 Å². The fraction of sp³-hybridized carbons (Fsp3) is 0.607. The van der Waals surface area contributed by atoms with Gasteiger partial charge in [-0.25, -0.2) is 9.18 Å². The van der Waals surface area contributed by atoms with E-state index in [0.717, 1.165) is 31.4 Å². The Morgan fingerprint density at radius 3 is 2.49 bits per heavy atom. The molecule has 2 rings (SSSR count). The molecule has 0 radical (unpaired) electrons. The van der Waals surface area contributed by atoms with Crippen LogP contribution >= 0.6 is 0 Å². The monoisotopic (exact) mass is 550 g/mol. The van der Waals surface area contributed by atoms with Gasteiger partial charge in [0.15, 0.2) is 5.75 Å². The van der Waals surface area contributed by atoms with Crippen molar-refractivity contribution in [1.29, 1.82) is 0 Å². The largest absolute Gasteiger partial charge is 0.505 e. The molecule has 0 aliphatic carbocycles. The molecule has 0 spiro atoms. The molecule has 6 unspecified atom stereocenters. The lowest BCUT2D eigenvalue weighted by Crippen LogP contribution is -2.56. The van der Waals surface area contributed by atoms with Gasteiger partial charge in [-0.1, -0.05) is 53.4 Å². The molecule has 1 aromatic rings. The first-order valence-corrected chi connectivity index (χ1v) is 13.4. The van der Waals surface area contributed by atoms with E-state index in [0.29, 0.717) is 19.3 Å². The fourth-order valence-corrected chi connectivity index (χ4v) is 4.56. The lowest BCUT2D eigenvalue weighted by molar-refractivity contribution is -0.181. The van der Waals surface area contributed by atoms with Gasteiger partial charge in [-0.15, -0.1) is 0 Å². The molecule has 2 amide bonds. The number of esters is 2. The van der Waals surface area contributed by atoms with Crippen molar-refractivity contribution in [2.24, 2.45) is 17.8 Å². The van der Waals surface area contributed by atoms with Crippen molar-refractivity contribution in [3.05, 3.63) is 23.5 Å². The van der Waals surface area contributed by atoms with Crippen LogP contribution in [0.25, 0.3) is 0 Å². The molecule has 216 valence electrons. The lowest BCUT2D eigenvalue weighted by Gasteiger charge is -2.37. The van der Waals surface area contributed by atoms with Crippen molar-refractivity contribution in [2.75, 3.05) is 5.32 Å². The Bertz CT molecular complexity index is 1060. The minimum atomic E-state index is -1.46. The summed E-state index contributed by atoms with van der Waals surface area (Å²) in [7, 11) is 0. The smallest absolute Gasteiger partial charge is 0.329 e. The number of amides is 2. The topological polar surface area (TPSA) is 148 Å². The van der Waals surface area contributed by atoms with Gasteiger partial charge in [0.25, 0.3) is 5.91 Å². The number of hydrogen-bond acceptors (Lipinski definition) is 8. The minimum Gasteiger partial charge on any atom is -0.505 e. The average Bonchev–Trinajstić information content (AvgIpc) is 2.90. The summed E-state index contributed by atoms with van der Waals surface area (Å²) in [4.78, 5) is 63.3. The van der Waals surface area contributed by atoms with Crippen LogP contribution in [0, 0.1) is 23.6 Å². The highest BCUT2D eigenvalue weighted by molar-refractivity contribution is 6.02. The standard InChI is InChI=1S/C28H39FN2O8/c1-6-8-9-10-11-19-23(33)16(4)22(28(37)38-17(5)25(19)39-27(36)15(3)7-2)31-26(35)20-12-18(29)13-21(24(20)34)30-14-32/h12-17,19,22,25,34H,6-11H2,1-5H3,(H,30,32)(H,31,35). The zero-order valence-corrected chi connectivity index (χ0v) is 23.1. The SMILES string of the molecule is CCCCCCC1C(=O)C(C)C(NC(=O)c2cc(F)cc(NC=O)c2O)C(=O)OC(C)C1OC(=O)C(C)CC. The van der Waals surface area contributed by atoms with E-state index < -0.39 is 71.0 Å². The normalized spacial score (nSPS) is 24.1. The number of aromatic hydroxyl groups is 1. The number of anilines is 1. The Morgan fingerprint density at radius 2 is 1.87 bits per heavy atom. The molecule has 1 aromatic carbocycles. The third kappa shape index (κ3) is 8.00. The number of phenolic OH excluding ortho intramolecular Hbond substituents is 1. The summed E-state index contributed by atoms with van der Waals surface area (Å²) in [5.74, 6) is -6.75. The summed E-state index contributed by atoms with van der Waals surface area (Å²) in [6, 6.07) is 0.106. The number of nitrogens with one attached hydrogen (secondary N) is 2. The highest BCUT2D eigenvalue weighted by atomic mass is 19.1. The van der Waals surface area contributed by atoms with Crippen molar-refractivity contribution in [2.45, 2.75) is 91.4 Å². The van der Waals surface area contributed by atoms with E-state index in [4.69, 9.17) is 9.47 Å². The lowest BCUT2D eigenvalue weighted by atomic mass is 9.79. The van der Waals surface area contributed by atoms with E-state index in [1.165, 1.54) is 13.8 Å². The summed E-state index contributed by atoms with van der Waals surface area (Å²) in [6.45, 7) is 8.60. The first-order chi connectivity index (χ1) is 18.5. The molecule has 1 heterocycles. The fourth-order valence-electron chi connectivity index (χ4n) is 4.56. The van der Waals surface area contributed by atoms with E-state index in [-0.39, 0.29) is 17.9 Å². The molecule has 0 saturated carbocycles. The number of carbonyl (C=O) groups is 5. The maximum absolute atomic E-state index is 14.1. The van der Waals surface area contributed by atoms with Crippen LogP contribution in [0.4, 0.5) is 10.1 Å². The second kappa shape index (κ2) is 14.6. The second-order valence-electron chi connectivity index (χ2n) is 10.1. The third-order valence-corrected chi connectivity index (χ3v) is 7.19. The van der Waals surface area contributed by atoms with Gasteiger partial charge in [-0.2, -0.15) is 0 Å². The molecule has 0 bridgehead atoms. The predicted octanol–water partition coefficient (Wildman–Crippen LogP) is 3.89. The van der Waals surface area contributed by atoms with Gasteiger partial charge in [0, 0.05) is 12.0 Å². The highest BCUT2D eigenvalue weighted by Crippen LogP contribution is 2.32. The van der Waals surface area contributed by atoms with E-state index in [1.54, 1.807) is 6.92 Å². The molecule has 10 nitrogen and oxygen atoms in total. The summed E-state index contributed by atoms with van der Waals surface area (Å²) in [5, 5.41) is 14.8. The van der Waals surface area contributed by atoms with Crippen molar-refractivity contribution in [3.8, 4) is 5.75 Å². The summed E-state index contributed by atoms with van der Waals surface area (Å²) in [6.07, 6.45) is 2.68. The number of unbranched alkanes of at least 4 members (excludes halogenated alkanes) is 3. The number of ketones is 1. The molecule has 11 heteroatoms. The zero-order valence-electron chi connectivity index (χ0n) is 23.1. The van der Waals surface area contributed by atoms with E-state index in [2.05, 4.69) is 17.6 Å². The number of hydrogen-bond donors (Lipinski definition) is 3. The first-order valence-electron chi connectivity index (χ1n) is 13.4. The van der Waals surface area contributed by atoms with Crippen molar-refractivity contribution < 1.29 is 42.9 Å². The van der Waals surface area contributed by atoms with Gasteiger partial charge in [0.2, 0.25) is 6.41 Å². The minimum absolute atomic E-state index is 0.204. The predicted molar refractivity (Wildman–Crippen MR) is 140 cm³/mol. The Morgan fingerprint density at radius 1 is 1.18 bits per heavy atom. The van der Waals surface area contributed by atoms with Crippen molar-refractivity contribution >= 4 is 35.7 Å². The average molecular weight is 551 g/mol. The second-order valence-corrected chi connectivity index (χ2v) is 10.1. The van der Waals surface area contributed by atoms with Gasteiger partial charge in [0.1, 0.15) is 29.9 Å². The van der Waals surface area contributed by atoms with Crippen LogP contribution in [0.2, 0.25) is 0 Å². The van der Waals surface area contributed by atoms with Crippen LogP contribution in [0.3, 0.4) is 0 Å². The number of benzene rings is 1. The Hall–Kier alpha value is -3.50. The van der Waals surface area contributed by atoms with Crippen molar-refractivity contribution in [1.82, 2.24) is 5.32 Å². The summed E-state index contributed by atoms with van der Waals surface area (Å²) >= 11 is 0. The quantitative estimate of drug-likeness (QED) is 0.154. The summed E-state index contributed by atoms with van der Waals surface area (Å²) in [5.41, 5.74) is -0.885. The molecule has 0 aromatic heterocycles. The number of halogens is 1. The van der Waals surface area contributed by atoms with Gasteiger partial charge in [-0.05, 0) is 25.8 Å². The first kappa shape index (κ1) is 31.7. The molecule has 6 atom stereocenters. The number of carbonyl (C=O) groups excluding carboxylic acids is 5. The molecule has 1 saturated heterocycles. The molecule has 3 N–H and O–H groups in total. The van der Waals surface area contributed by atoms with Crippen LogP contribution in [0.5, 0.6) is 5.75 Å². The Kier molecular flexibility index (Phi) is 11.9. The molecular formula is C28H39FN2O8. The van der Waals surface area contributed by atoms with Crippen LogP contribution in [0.1, 0.15) is 83.5 Å². The van der Waals surface area contributed by atoms with Crippen LogP contribution in [-0.2, 0) is 28.7 Å². The van der Waals surface area contributed by atoms with Crippen LogP contribution in [0.15, 0.2) is 12.1 Å².